The van der Waals surface area contributed by atoms with Crippen LogP contribution in [0.1, 0.15) is 78.3 Å². The fourth-order valence-corrected chi connectivity index (χ4v) is 6.33. The van der Waals surface area contributed by atoms with Crippen molar-refractivity contribution >= 4 is 11.9 Å². The molecule has 0 spiro atoms. The molecular weight excluding hydrogens is 518 g/mol. The number of carbonyl (C=O) groups is 2. The zero-order chi connectivity index (χ0) is 29.9. The van der Waals surface area contributed by atoms with Gasteiger partial charge in [-0.05, 0) is 74.0 Å². The predicted octanol–water partition coefficient (Wildman–Crippen LogP) is 4.87. The number of rotatable bonds is 4. The van der Waals surface area contributed by atoms with Crippen LogP contribution in [0, 0.1) is 46.8 Å². The lowest BCUT2D eigenvalue weighted by Crippen LogP contribution is -2.46. The van der Waals surface area contributed by atoms with Gasteiger partial charge in [0.25, 0.3) is 0 Å². The number of hydrogen-bond acceptors (Lipinski definition) is 7. The summed E-state index contributed by atoms with van der Waals surface area (Å²) in [6.07, 6.45) is 8.84. The molecule has 0 aromatic carbocycles. The number of carbonyl (C=O) groups excluding carboxylic acids is 2. The second-order valence-electron chi connectivity index (χ2n) is 12.4. The van der Waals surface area contributed by atoms with Gasteiger partial charge < -0.3 is 20.3 Å². The molecule has 1 aromatic heterocycles. The zero-order valence-corrected chi connectivity index (χ0v) is 24.9. The van der Waals surface area contributed by atoms with E-state index in [1.54, 1.807) is 18.3 Å². The molecule has 8 nitrogen and oxygen atoms in total. The number of amides is 1. The standard InChI is InChI=1S/C33H47N3O5/c1-21-15-22(2)17-24(4)32(39)25(19-34)9-5-6-11-30(41-31(38)18-29(37)23(3)16-21)27-12-13-28(27)33(40)36-20-26-10-7-8-14-35-26/h5-10,14,21-24,27-30,32,37,39H,11-13,15-18,20H2,1-4H3,(H,36,40)/b6-5+,25-9-/t21-,22+,23-,24-,27+,28+,29-,30-,32+/m0/s1. The van der Waals surface area contributed by atoms with Crippen molar-refractivity contribution in [1.82, 2.24) is 10.3 Å². The van der Waals surface area contributed by atoms with Gasteiger partial charge in [-0.1, -0.05) is 45.9 Å². The van der Waals surface area contributed by atoms with E-state index >= 15 is 0 Å². The summed E-state index contributed by atoms with van der Waals surface area (Å²) in [5.74, 6) is -0.485. The summed E-state index contributed by atoms with van der Waals surface area (Å²) in [5.41, 5.74) is 1.07. The largest absolute Gasteiger partial charge is 0.462 e. The number of aliphatic hydroxyl groups is 2. The van der Waals surface area contributed by atoms with Crippen molar-refractivity contribution in [1.29, 1.82) is 5.26 Å². The first-order chi connectivity index (χ1) is 19.6. The van der Waals surface area contributed by atoms with Gasteiger partial charge in [-0.3, -0.25) is 14.6 Å². The molecule has 1 aromatic rings. The third kappa shape index (κ3) is 9.79. The molecule has 41 heavy (non-hydrogen) atoms. The molecule has 1 aliphatic carbocycles. The van der Waals surface area contributed by atoms with Crippen molar-refractivity contribution in [2.24, 2.45) is 35.5 Å². The minimum atomic E-state index is -0.866. The first-order valence-electron chi connectivity index (χ1n) is 15.1. The quantitative estimate of drug-likeness (QED) is 0.444. The van der Waals surface area contributed by atoms with Gasteiger partial charge in [-0.15, -0.1) is 0 Å². The second kappa shape index (κ2) is 15.8. The first kappa shape index (κ1) is 32.5. The summed E-state index contributed by atoms with van der Waals surface area (Å²) in [6, 6.07) is 7.69. The maximum atomic E-state index is 13.0. The minimum absolute atomic E-state index is 0.0765. The molecule has 2 aliphatic rings. The van der Waals surface area contributed by atoms with Gasteiger partial charge in [0.05, 0.1) is 42.5 Å². The molecule has 0 unspecified atom stereocenters. The van der Waals surface area contributed by atoms with E-state index in [4.69, 9.17) is 4.74 Å². The predicted molar refractivity (Wildman–Crippen MR) is 157 cm³/mol. The molecule has 1 amide bonds. The Morgan fingerprint density at radius 3 is 2.46 bits per heavy atom. The highest BCUT2D eigenvalue weighted by Crippen LogP contribution is 2.40. The fourth-order valence-electron chi connectivity index (χ4n) is 6.33. The Bertz CT molecular complexity index is 1100. The Kier molecular flexibility index (Phi) is 12.6. The van der Waals surface area contributed by atoms with E-state index in [0.717, 1.165) is 31.4 Å². The van der Waals surface area contributed by atoms with Gasteiger partial charge in [0.1, 0.15) is 6.10 Å². The van der Waals surface area contributed by atoms with E-state index in [9.17, 15) is 25.1 Å². The van der Waals surface area contributed by atoms with E-state index in [0.29, 0.717) is 36.8 Å². The molecule has 8 heteroatoms. The van der Waals surface area contributed by atoms with Crippen LogP contribution < -0.4 is 5.32 Å². The Balaban J connectivity index is 1.77. The monoisotopic (exact) mass is 565 g/mol. The van der Waals surface area contributed by atoms with Crippen molar-refractivity contribution in [2.75, 3.05) is 0 Å². The number of ether oxygens (including phenoxy) is 1. The number of pyridine rings is 1. The molecule has 0 saturated heterocycles. The van der Waals surface area contributed by atoms with Crippen molar-refractivity contribution in [3.63, 3.8) is 0 Å². The number of nitrogens with one attached hydrogen (secondary N) is 1. The molecule has 9 atom stereocenters. The average Bonchev–Trinajstić information content (AvgIpc) is 2.90. The maximum Gasteiger partial charge on any atom is 0.308 e. The third-order valence-corrected chi connectivity index (χ3v) is 8.75. The SMILES string of the molecule is C[C@@H]1C[C@H](C)C[C@H](C)[C@@H](O)CC(=O)O[C@H]([C@@H]2CC[C@H]2C(=O)NCc2ccccn2)C/C=C/C=C(/C#N)[C@H](O)[C@@H](C)C1. The van der Waals surface area contributed by atoms with Crippen LogP contribution in [-0.4, -0.2) is 45.4 Å². The summed E-state index contributed by atoms with van der Waals surface area (Å²) in [7, 11) is 0. The lowest BCUT2D eigenvalue weighted by Gasteiger charge is -2.40. The highest BCUT2D eigenvalue weighted by molar-refractivity contribution is 5.80. The lowest BCUT2D eigenvalue weighted by molar-refractivity contribution is -0.161. The Morgan fingerprint density at radius 1 is 1.10 bits per heavy atom. The molecule has 3 rings (SSSR count). The maximum absolute atomic E-state index is 13.0. The molecule has 3 N–H and O–H groups in total. The van der Waals surface area contributed by atoms with Crippen LogP contribution >= 0.6 is 0 Å². The van der Waals surface area contributed by atoms with Crippen LogP contribution in [0.25, 0.3) is 0 Å². The number of cyclic esters (lactones) is 1. The smallest absolute Gasteiger partial charge is 0.308 e. The van der Waals surface area contributed by atoms with E-state index < -0.39 is 24.3 Å². The van der Waals surface area contributed by atoms with Crippen molar-refractivity contribution in [3.8, 4) is 6.07 Å². The Labute approximate surface area is 244 Å². The van der Waals surface area contributed by atoms with E-state index in [2.05, 4.69) is 30.2 Å². The first-order valence-corrected chi connectivity index (χ1v) is 15.1. The summed E-state index contributed by atoms with van der Waals surface area (Å²) in [4.78, 5) is 30.2. The van der Waals surface area contributed by atoms with E-state index in [1.807, 2.05) is 38.1 Å². The highest BCUT2D eigenvalue weighted by atomic mass is 16.5. The topological polar surface area (TPSA) is 133 Å². The van der Waals surface area contributed by atoms with Crippen LogP contribution in [0.2, 0.25) is 0 Å². The van der Waals surface area contributed by atoms with Gasteiger partial charge in [0, 0.05) is 24.5 Å². The van der Waals surface area contributed by atoms with E-state index in [1.165, 1.54) is 0 Å². The van der Waals surface area contributed by atoms with Gasteiger partial charge in [0.2, 0.25) is 5.91 Å². The number of nitrogens with zero attached hydrogens (tertiary/aromatic N) is 2. The molecular formula is C33H47N3O5. The molecule has 0 radical (unpaired) electrons. The molecule has 2 heterocycles. The van der Waals surface area contributed by atoms with Gasteiger partial charge >= 0.3 is 5.97 Å². The summed E-state index contributed by atoms with van der Waals surface area (Å²) >= 11 is 0. The average molecular weight is 566 g/mol. The summed E-state index contributed by atoms with van der Waals surface area (Å²) in [5, 5.41) is 34.3. The van der Waals surface area contributed by atoms with Crippen LogP contribution in [0.3, 0.4) is 0 Å². The van der Waals surface area contributed by atoms with Crippen molar-refractivity contribution in [3.05, 3.63) is 53.9 Å². The second-order valence-corrected chi connectivity index (χ2v) is 12.4. The number of hydrogen-bond donors (Lipinski definition) is 3. The minimum Gasteiger partial charge on any atom is -0.462 e. The molecule has 1 saturated carbocycles. The zero-order valence-electron chi connectivity index (χ0n) is 24.9. The van der Waals surface area contributed by atoms with Crippen LogP contribution in [0.4, 0.5) is 0 Å². The Hall–Kier alpha value is -3.02. The normalized spacial score (nSPS) is 36.2. The van der Waals surface area contributed by atoms with Crippen LogP contribution in [0.5, 0.6) is 0 Å². The van der Waals surface area contributed by atoms with Gasteiger partial charge in [0.15, 0.2) is 0 Å². The number of allylic oxidation sites excluding steroid dienone is 2. The summed E-state index contributed by atoms with van der Waals surface area (Å²) in [6.45, 7) is 8.56. The molecule has 0 bridgehead atoms. The van der Waals surface area contributed by atoms with Crippen molar-refractivity contribution < 1.29 is 24.5 Å². The Morgan fingerprint density at radius 2 is 1.83 bits per heavy atom. The number of aromatic nitrogens is 1. The highest BCUT2D eigenvalue weighted by Gasteiger charge is 2.43. The van der Waals surface area contributed by atoms with Crippen LogP contribution in [-0.2, 0) is 20.9 Å². The molecule has 224 valence electrons. The fraction of sp³-hybridized carbons (Fsp3) is 0.636. The van der Waals surface area contributed by atoms with Gasteiger partial charge in [-0.25, -0.2) is 0 Å². The van der Waals surface area contributed by atoms with Crippen LogP contribution in [0.15, 0.2) is 48.2 Å². The van der Waals surface area contributed by atoms with Crippen molar-refractivity contribution in [2.45, 2.75) is 97.5 Å². The lowest BCUT2D eigenvalue weighted by atomic mass is 9.69. The van der Waals surface area contributed by atoms with Gasteiger partial charge in [-0.2, -0.15) is 5.26 Å². The molecule has 1 aliphatic heterocycles. The number of esters is 1. The van der Waals surface area contributed by atoms with E-state index in [-0.39, 0.29) is 36.0 Å². The summed E-state index contributed by atoms with van der Waals surface area (Å²) < 4.78 is 5.92. The third-order valence-electron chi connectivity index (χ3n) is 8.75. The molecule has 1 fully saturated rings. The number of nitriles is 1. The number of aliphatic hydroxyl groups excluding tert-OH is 2.